The van der Waals surface area contributed by atoms with Crippen LogP contribution in [0.1, 0.15) is 16.2 Å². The van der Waals surface area contributed by atoms with E-state index in [2.05, 4.69) is 31.4 Å². The number of halogens is 2. The smallest absolute Gasteiger partial charge is 0.260 e. The van der Waals surface area contributed by atoms with Crippen molar-refractivity contribution >= 4 is 27.8 Å². The summed E-state index contributed by atoms with van der Waals surface area (Å²) in [6.45, 7) is 0.315. The Labute approximate surface area is 116 Å². The zero-order chi connectivity index (χ0) is 13.8. The molecular formula is C11H10BrFN4O2. The number of anilines is 1. The molecule has 0 spiro atoms. The molecule has 1 aromatic carbocycles. The summed E-state index contributed by atoms with van der Waals surface area (Å²) < 4.78 is 18.1. The molecule has 100 valence electrons. The lowest BCUT2D eigenvalue weighted by atomic mass is 10.2. The van der Waals surface area contributed by atoms with Crippen LogP contribution in [0, 0.1) is 5.82 Å². The van der Waals surface area contributed by atoms with E-state index in [0.29, 0.717) is 24.4 Å². The molecule has 0 fully saturated rings. The second kappa shape index (κ2) is 5.79. The third-order valence-electron chi connectivity index (χ3n) is 2.29. The van der Waals surface area contributed by atoms with Gasteiger partial charge in [-0.2, -0.15) is 4.98 Å². The van der Waals surface area contributed by atoms with Gasteiger partial charge in [0.25, 0.3) is 11.9 Å². The van der Waals surface area contributed by atoms with E-state index in [1.807, 2.05) is 0 Å². The molecule has 0 aliphatic carbocycles. The maximum atomic E-state index is 13.0. The van der Waals surface area contributed by atoms with Crippen molar-refractivity contribution in [1.82, 2.24) is 15.5 Å². The van der Waals surface area contributed by atoms with E-state index in [4.69, 9.17) is 10.3 Å². The van der Waals surface area contributed by atoms with Crippen LogP contribution in [0.15, 0.2) is 27.2 Å². The van der Waals surface area contributed by atoms with Crippen LogP contribution in [-0.4, -0.2) is 22.6 Å². The largest absolute Gasteiger partial charge is 0.365 e. The summed E-state index contributed by atoms with van der Waals surface area (Å²) in [5.41, 5.74) is 5.65. The Hall–Kier alpha value is -1.96. The number of nitrogens with two attached hydrogens (primary N) is 1. The highest BCUT2D eigenvalue weighted by atomic mass is 79.9. The topological polar surface area (TPSA) is 94.0 Å². The van der Waals surface area contributed by atoms with Gasteiger partial charge < -0.3 is 15.6 Å². The van der Waals surface area contributed by atoms with E-state index >= 15 is 0 Å². The molecule has 8 heteroatoms. The van der Waals surface area contributed by atoms with Gasteiger partial charge in [0, 0.05) is 18.5 Å². The van der Waals surface area contributed by atoms with Gasteiger partial charge in [-0.15, -0.1) is 0 Å². The predicted octanol–water partition coefficient (Wildman–Crippen LogP) is 1.53. The second-order valence-corrected chi connectivity index (χ2v) is 4.54. The van der Waals surface area contributed by atoms with E-state index in [1.165, 1.54) is 18.2 Å². The molecule has 1 amide bonds. The number of carbonyl (C=O) groups is 1. The molecule has 0 radical (unpaired) electrons. The van der Waals surface area contributed by atoms with Crippen LogP contribution >= 0.6 is 15.9 Å². The van der Waals surface area contributed by atoms with Crippen LogP contribution in [-0.2, 0) is 6.42 Å². The Morgan fingerprint density at radius 1 is 1.53 bits per heavy atom. The minimum Gasteiger partial charge on any atom is -0.365 e. The zero-order valence-corrected chi connectivity index (χ0v) is 11.3. The maximum absolute atomic E-state index is 13.0. The van der Waals surface area contributed by atoms with Gasteiger partial charge in [0.05, 0.1) is 4.47 Å². The fraction of sp³-hybridized carbons (Fsp3) is 0.182. The van der Waals surface area contributed by atoms with Crippen molar-refractivity contribution in [2.24, 2.45) is 0 Å². The summed E-state index contributed by atoms with van der Waals surface area (Å²) in [7, 11) is 0. The first-order chi connectivity index (χ1) is 9.06. The Kier molecular flexibility index (Phi) is 4.10. The van der Waals surface area contributed by atoms with Crippen molar-refractivity contribution in [3.8, 4) is 0 Å². The highest BCUT2D eigenvalue weighted by molar-refractivity contribution is 9.10. The van der Waals surface area contributed by atoms with Gasteiger partial charge in [0.1, 0.15) is 5.82 Å². The first kappa shape index (κ1) is 13.5. The zero-order valence-electron chi connectivity index (χ0n) is 9.69. The molecule has 0 aliphatic heterocycles. The lowest BCUT2D eigenvalue weighted by Crippen LogP contribution is -2.25. The number of amides is 1. The molecule has 0 aliphatic rings. The number of hydrogen-bond donors (Lipinski definition) is 2. The number of nitrogens with zero attached hydrogens (tertiary/aromatic N) is 2. The molecule has 6 nitrogen and oxygen atoms in total. The van der Waals surface area contributed by atoms with Crippen LogP contribution in [0.3, 0.4) is 0 Å². The standard InChI is InChI=1S/C11H10BrFN4O2/c12-7-5-6(1-2-8(7)13)10(18)15-4-3-9-16-11(14)17-19-9/h1-2,5H,3-4H2,(H2,14,17)(H,15,18). The number of hydrogen-bond acceptors (Lipinski definition) is 5. The first-order valence-corrected chi connectivity index (χ1v) is 6.17. The van der Waals surface area contributed by atoms with Crippen LogP contribution in [0.25, 0.3) is 0 Å². The van der Waals surface area contributed by atoms with Gasteiger partial charge in [0.2, 0.25) is 5.89 Å². The maximum Gasteiger partial charge on any atom is 0.260 e. The summed E-state index contributed by atoms with van der Waals surface area (Å²) >= 11 is 3.02. The van der Waals surface area contributed by atoms with Crippen molar-refractivity contribution in [2.45, 2.75) is 6.42 Å². The number of nitrogen functional groups attached to an aromatic ring is 1. The first-order valence-electron chi connectivity index (χ1n) is 5.37. The number of rotatable bonds is 4. The molecule has 1 aromatic heterocycles. The third kappa shape index (κ3) is 3.50. The fourth-order valence-electron chi connectivity index (χ4n) is 1.39. The number of nitrogens with one attached hydrogen (secondary N) is 1. The van der Waals surface area contributed by atoms with Crippen molar-refractivity contribution in [3.63, 3.8) is 0 Å². The third-order valence-corrected chi connectivity index (χ3v) is 2.90. The predicted molar refractivity (Wildman–Crippen MR) is 68.8 cm³/mol. The van der Waals surface area contributed by atoms with E-state index in [0.717, 1.165) is 0 Å². The minimum atomic E-state index is -0.419. The quantitative estimate of drug-likeness (QED) is 0.887. The van der Waals surface area contributed by atoms with Gasteiger partial charge in [-0.1, -0.05) is 0 Å². The molecule has 19 heavy (non-hydrogen) atoms. The highest BCUT2D eigenvalue weighted by Crippen LogP contribution is 2.16. The summed E-state index contributed by atoms with van der Waals surface area (Å²) in [5.74, 6) is -0.326. The molecule has 0 saturated carbocycles. The number of benzene rings is 1. The molecule has 2 aromatic rings. The summed E-state index contributed by atoms with van der Waals surface area (Å²) in [6, 6.07) is 4.03. The lowest BCUT2D eigenvalue weighted by molar-refractivity contribution is 0.0953. The van der Waals surface area contributed by atoms with E-state index in [9.17, 15) is 9.18 Å². The molecule has 1 heterocycles. The average Bonchev–Trinajstić information content (AvgIpc) is 2.78. The van der Waals surface area contributed by atoms with Gasteiger partial charge in [-0.3, -0.25) is 4.79 Å². The molecule has 3 N–H and O–H groups in total. The Morgan fingerprint density at radius 2 is 2.32 bits per heavy atom. The average molecular weight is 329 g/mol. The van der Waals surface area contributed by atoms with Gasteiger partial charge >= 0.3 is 0 Å². The number of carbonyl (C=O) groups excluding carboxylic acids is 1. The lowest BCUT2D eigenvalue weighted by Gasteiger charge is -2.04. The SMILES string of the molecule is Nc1noc(CCNC(=O)c2ccc(F)c(Br)c2)n1. The monoisotopic (exact) mass is 328 g/mol. The Bertz CT molecular complexity index is 602. The highest BCUT2D eigenvalue weighted by Gasteiger charge is 2.09. The molecule has 0 unspecified atom stereocenters. The molecule has 0 atom stereocenters. The second-order valence-electron chi connectivity index (χ2n) is 3.68. The summed E-state index contributed by atoms with van der Waals surface area (Å²) in [4.78, 5) is 15.6. The fourth-order valence-corrected chi connectivity index (χ4v) is 1.77. The van der Waals surface area contributed by atoms with Crippen molar-refractivity contribution in [3.05, 3.63) is 39.9 Å². The van der Waals surface area contributed by atoms with Gasteiger partial charge in [-0.25, -0.2) is 4.39 Å². The van der Waals surface area contributed by atoms with Gasteiger partial charge in [-0.05, 0) is 39.3 Å². The van der Waals surface area contributed by atoms with Crippen molar-refractivity contribution in [2.75, 3.05) is 12.3 Å². The Morgan fingerprint density at radius 3 is 2.95 bits per heavy atom. The molecule has 2 rings (SSSR count). The summed E-state index contributed by atoms with van der Waals surface area (Å²) in [6.07, 6.45) is 0.373. The minimum absolute atomic E-state index is 0.0591. The van der Waals surface area contributed by atoms with Crippen molar-refractivity contribution < 1.29 is 13.7 Å². The van der Waals surface area contributed by atoms with E-state index in [1.54, 1.807) is 0 Å². The number of aromatic nitrogens is 2. The van der Waals surface area contributed by atoms with Crippen LogP contribution in [0.5, 0.6) is 0 Å². The molecule has 0 bridgehead atoms. The van der Waals surface area contributed by atoms with Gasteiger partial charge in [0.15, 0.2) is 0 Å². The molecule has 0 saturated heterocycles. The van der Waals surface area contributed by atoms with Crippen LogP contribution < -0.4 is 11.1 Å². The normalized spacial score (nSPS) is 10.4. The molecular weight excluding hydrogens is 319 g/mol. The van der Waals surface area contributed by atoms with Crippen LogP contribution in [0.4, 0.5) is 10.3 Å². The van der Waals surface area contributed by atoms with Crippen LogP contribution in [0.2, 0.25) is 0 Å². The van der Waals surface area contributed by atoms with Crippen molar-refractivity contribution in [1.29, 1.82) is 0 Å². The Balaban J connectivity index is 1.89. The van der Waals surface area contributed by atoms with E-state index < -0.39 is 5.82 Å². The summed E-state index contributed by atoms with van der Waals surface area (Å²) in [5, 5.41) is 6.08. The van der Waals surface area contributed by atoms with E-state index in [-0.39, 0.29) is 16.3 Å².